The summed E-state index contributed by atoms with van der Waals surface area (Å²) in [5.74, 6) is -0.497. The molecule has 1 aromatic carbocycles. The van der Waals surface area contributed by atoms with Gasteiger partial charge in [0.2, 0.25) is 0 Å². The molecule has 3 heterocycles. The van der Waals surface area contributed by atoms with E-state index >= 15 is 0 Å². The van der Waals surface area contributed by atoms with Crippen LogP contribution >= 0.6 is 22.7 Å². The van der Waals surface area contributed by atoms with Crippen molar-refractivity contribution in [2.45, 2.75) is 13.8 Å². The summed E-state index contributed by atoms with van der Waals surface area (Å²) < 4.78 is 1.38. The molecule has 0 aliphatic carbocycles. The fourth-order valence-corrected chi connectivity index (χ4v) is 4.90. The first-order valence-corrected chi connectivity index (χ1v) is 10.3. The highest BCUT2D eigenvalue weighted by molar-refractivity contribution is 7.21. The van der Waals surface area contributed by atoms with E-state index in [4.69, 9.17) is 0 Å². The maximum Gasteiger partial charge on any atom is 0.267 e. The second-order valence-corrected chi connectivity index (χ2v) is 8.47. The molecule has 0 fully saturated rings. The van der Waals surface area contributed by atoms with Crippen molar-refractivity contribution in [1.29, 1.82) is 0 Å². The normalized spacial score (nSPS) is 11.0. The Labute approximate surface area is 173 Å². The van der Waals surface area contributed by atoms with E-state index in [1.807, 2.05) is 30.3 Å². The van der Waals surface area contributed by atoms with Crippen molar-refractivity contribution < 1.29 is 9.59 Å². The molecule has 9 heteroatoms. The Morgan fingerprint density at radius 3 is 2.52 bits per heavy atom. The summed E-state index contributed by atoms with van der Waals surface area (Å²) in [4.78, 5) is 47.4. The van der Waals surface area contributed by atoms with Gasteiger partial charge in [0, 0.05) is 19.5 Å². The fourth-order valence-electron chi connectivity index (χ4n) is 2.98. The number of nitrogens with zero attached hydrogens (tertiary/aromatic N) is 3. The second kappa shape index (κ2) is 7.34. The molecule has 0 radical (unpaired) electrons. The highest BCUT2D eigenvalue weighted by Gasteiger charge is 2.22. The van der Waals surface area contributed by atoms with Crippen LogP contribution in [0, 0.1) is 6.92 Å². The van der Waals surface area contributed by atoms with Gasteiger partial charge in [0.25, 0.3) is 11.5 Å². The number of hydrogen-bond donors (Lipinski definition) is 1. The van der Waals surface area contributed by atoms with Crippen LogP contribution in [0.1, 0.15) is 31.8 Å². The van der Waals surface area contributed by atoms with Gasteiger partial charge in [-0.15, -0.1) is 11.3 Å². The number of nitrogens with one attached hydrogen (secondary N) is 1. The van der Waals surface area contributed by atoms with Gasteiger partial charge in [0.15, 0.2) is 10.9 Å². The molecule has 3 aromatic heterocycles. The number of fused-ring (bicyclic) bond motifs is 1. The zero-order valence-corrected chi connectivity index (χ0v) is 17.5. The summed E-state index contributed by atoms with van der Waals surface area (Å²) in [6.45, 7) is 3.21. The van der Waals surface area contributed by atoms with E-state index in [0.29, 0.717) is 36.4 Å². The number of rotatable bonds is 4. The number of aryl methyl sites for hydroxylation is 2. The number of amides is 1. The number of Topliss-reactive ketones (excluding diaryl/α,β-unsaturated/α-hetero) is 1. The average molecular weight is 425 g/mol. The molecular formula is C20H16N4O3S2. The Bertz CT molecular complexity index is 1320. The smallest absolute Gasteiger partial charge is 0.267 e. The summed E-state index contributed by atoms with van der Waals surface area (Å²) in [5.41, 5.74) is 1.74. The number of ketones is 1. The lowest BCUT2D eigenvalue weighted by Gasteiger charge is -2.00. The predicted octanol–water partition coefficient (Wildman–Crippen LogP) is 3.88. The fraction of sp³-hybridized carbons (Fsp3) is 0.150. The minimum atomic E-state index is -0.379. The van der Waals surface area contributed by atoms with Gasteiger partial charge in [-0.2, -0.15) is 0 Å². The molecule has 0 aliphatic rings. The van der Waals surface area contributed by atoms with E-state index < -0.39 is 0 Å². The molecule has 0 spiro atoms. The Hall–Kier alpha value is -3.17. The summed E-state index contributed by atoms with van der Waals surface area (Å²) in [7, 11) is 1.62. The lowest BCUT2D eigenvalue weighted by atomic mass is 10.1. The van der Waals surface area contributed by atoms with Gasteiger partial charge in [0.1, 0.15) is 4.83 Å². The van der Waals surface area contributed by atoms with Gasteiger partial charge < -0.3 is 4.57 Å². The number of thiazole rings is 1. The van der Waals surface area contributed by atoms with Crippen LogP contribution in [0.5, 0.6) is 0 Å². The van der Waals surface area contributed by atoms with Crippen LogP contribution in [0.2, 0.25) is 0 Å². The van der Waals surface area contributed by atoms with Crippen molar-refractivity contribution in [3.05, 3.63) is 62.3 Å². The predicted molar refractivity (Wildman–Crippen MR) is 115 cm³/mol. The molecule has 0 saturated heterocycles. The largest absolute Gasteiger partial charge is 0.302 e. The van der Waals surface area contributed by atoms with Gasteiger partial charge in [-0.05, 0) is 12.5 Å². The molecule has 4 aromatic rings. The van der Waals surface area contributed by atoms with Crippen molar-refractivity contribution in [3.63, 3.8) is 0 Å². The Morgan fingerprint density at radius 2 is 1.83 bits per heavy atom. The highest BCUT2D eigenvalue weighted by atomic mass is 32.1. The first-order chi connectivity index (χ1) is 13.9. The monoisotopic (exact) mass is 424 g/mol. The van der Waals surface area contributed by atoms with E-state index in [9.17, 15) is 14.4 Å². The summed E-state index contributed by atoms with van der Waals surface area (Å²) in [6, 6.07) is 9.35. The minimum Gasteiger partial charge on any atom is -0.302 e. The number of aromatic nitrogens is 3. The molecule has 1 amide bonds. The molecule has 0 unspecified atom stereocenters. The lowest BCUT2D eigenvalue weighted by Crippen LogP contribution is -2.17. The van der Waals surface area contributed by atoms with Crippen molar-refractivity contribution in [2.24, 2.45) is 7.05 Å². The van der Waals surface area contributed by atoms with Crippen LogP contribution in [0.15, 0.2) is 41.5 Å². The average Bonchev–Trinajstić information content (AvgIpc) is 3.27. The summed E-state index contributed by atoms with van der Waals surface area (Å²) >= 11 is 2.30. The summed E-state index contributed by atoms with van der Waals surface area (Å²) in [6.07, 6.45) is 1.44. The van der Waals surface area contributed by atoms with Gasteiger partial charge in [-0.25, -0.2) is 9.97 Å². The molecule has 7 nitrogen and oxygen atoms in total. The van der Waals surface area contributed by atoms with Crippen LogP contribution in [0.25, 0.3) is 21.5 Å². The number of carbonyl (C=O) groups excluding carboxylic acids is 2. The van der Waals surface area contributed by atoms with Crippen molar-refractivity contribution in [1.82, 2.24) is 14.5 Å². The van der Waals surface area contributed by atoms with Gasteiger partial charge in [0.05, 0.1) is 27.2 Å². The Kier molecular flexibility index (Phi) is 4.85. The van der Waals surface area contributed by atoms with E-state index in [-0.39, 0.29) is 17.2 Å². The summed E-state index contributed by atoms with van der Waals surface area (Å²) in [5, 5.41) is 3.54. The first-order valence-electron chi connectivity index (χ1n) is 8.70. The zero-order valence-electron chi connectivity index (χ0n) is 15.8. The minimum absolute atomic E-state index is 0.118. The highest BCUT2D eigenvalue weighted by Crippen LogP contribution is 2.33. The van der Waals surface area contributed by atoms with Crippen molar-refractivity contribution in [3.8, 4) is 11.3 Å². The molecule has 0 atom stereocenters. The quantitative estimate of drug-likeness (QED) is 0.502. The lowest BCUT2D eigenvalue weighted by molar-refractivity contribution is 0.101. The molecule has 146 valence electrons. The number of benzene rings is 1. The third-order valence-corrected chi connectivity index (χ3v) is 6.70. The third-order valence-electron chi connectivity index (χ3n) is 4.43. The van der Waals surface area contributed by atoms with Crippen LogP contribution in [-0.2, 0) is 7.05 Å². The van der Waals surface area contributed by atoms with E-state index in [1.54, 1.807) is 14.0 Å². The number of thiophene rings is 1. The topological polar surface area (TPSA) is 94.0 Å². The van der Waals surface area contributed by atoms with Crippen molar-refractivity contribution in [2.75, 3.05) is 5.32 Å². The molecule has 29 heavy (non-hydrogen) atoms. The first kappa shape index (κ1) is 19.2. The van der Waals surface area contributed by atoms with E-state index in [0.717, 1.165) is 28.2 Å². The SMILES string of the molecule is CC(=O)c1sc(NC(=O)c2sc3ncn(C)c(=O)c3c2C)nc1-c1ccccc1. The standard InChI is InChI=1S/C20H16N4O3S2/c1-10-13-18(21-9-24(3)19(13)27)28-15(10)17(26)23-20-22-14(16(29-20)11(2)25)12-7-5-4-6-8-12/h4-9H,1-3H3,(H,22,23,26). The molecule has 1 N–H and O–H groups in total. The van der Waals surface area contributed by atoms with E-state index in [2.05, 4.69) is 15.3 Å². The number of hydrogen-bond acceptors (Lipinski definition) is 7. The Morgan fingerprint density at radius 1 is 1.10 bits per heavy atom. The molecule has 0 aliphatic heterocycles. The van der Waals surface area contributed by atoms with Gasteiger partial charge in [-0.1, -0.05) is 41.7 Å². The molecular weight excluding hydrogens is 408 g/mol. The molecule has 4 rings (SSSR count). The van der Waals surface area contributed by atoms with Crippen LogP contribution in [0.3, 0.4) is 0 Å². The maximum atomic E-state index is 12.9. The van der Waals surface area contributed by atoms with E-state index in [1.165, 1.54) is 17.8 Å². The van der Waals surface area contributed by atoms with Crippen LogP contribution in [0.4, 0.5) is 5.13 Å². The van der Waals surface area contributed by atoms with Crippen LogP contribution in [-0.4, -0.2) is 26.2 Å². The van der Waals surface area contributed by atoms with Gasteiger partial charge in [-0.3, -0.25) is 19.7 Å². The second-order valence-electron chi connectivity index (χ2n) is 6.47. The van der Waals surface area contributed by atoms with Gasteiger partial charge >= 0.3 is 0 Å². The zero-order chi connectivity index (χ0) is 20.7. The third kappa shape index (κ3) is 3.39. The van der Waals surface area contributed by atoms with Crippen molar-refractivity contribution >= 4 is 49.7 Å². The molecule has 0 bridgehead atoms. The maximum absolute atomic E-state index is 12.9. The molecule has 0 saturated carbocycles. The number of carbonyl (C=O) groups is 2. The number of anilines is 1. The van der Waals surface area contributed by atoms with Crippen LogP contribution < -0.4 is 10.9 Å². The Balaban J connectivity index is 1.72.